The van der Waals surface area contributed by atoms with Gasteiger partial charge in [-0.25, -0.2) is 9.67 Å². The Bertz CT molecular complexity index is 1210. The number of para-hydroxylation sites is 1. The van der Waals surface area contributed by atoms with Gasteiger partial charge in [-0.15, -0.1) is 5.10 Å². The monoisotopic (exact) mass is 495 g/mol. The predicted molar refractivity (Wildman–Crippen MR) is 120 cm³/mol. The number of halogens is 4. The van der Waals surface area contributed by atoms with E-state index in [9.17, 15) is 22.8 Å². The van der Waals surface area contributed by atoms with E-state index in [2.05, 4.69) is 20.7 Å². The van der Waals surface area contributed by atoms with E-state index in [1.165, 1.54) is 12.3 Å². The number of rotatable bonds is 7. The van der Waals surface area contributed by atoms with Gasteiger partial charge in [0.2, 0.25) is 5.88 Å². The maximum absolute atomic E-state index is 13.2. The van der Waals surface area contributed by atoms with Gasteiger partial charge < -0.3 is 15.4 Å². The summed E-state index contributed by atoms with van der Waals surface area (Å²) < 4.78 is 43.6. The van der Waals surface area contributed by atoms with Gasteiger partial charge in [0.25, 0.3) is 11.8 Å². The van der Waals surface area contributed by atoms with Crippen LogP contribution >= 0.6 is 11.6 Å². The van der Waals surface area contributed by atoms with Gasteiger partial charge in [-0.2, -0.15) is 13.2 Å². The molecule has 8 nitrogen and oxygen atoms in total. The number of alkyl halides is 3. The van der Waals surface area contributed by atoms with Crippen LogP contribution in [0.25, 0.3) is 5.82 Å². The molecule has 0 aliphatic carbocycles. The Hall–Kier alpha value is -3.60. The highest BCUT2D eigenvalue weighted by Gasteiger charge is 2.30. The van der Waals surface area contributed by atoms with Gasteiger partial charge in [0.15, 0.2) is 12.4 Å². The normalized spacial score (nSPS) is 11.4. The molecule has 0 unspecified atom stereocenters. The molecule has 2 heterocycles. The SMILES string of the molecule is Cc1cccc(C(=O)NC(C)C)c1NC(=O)c1cc(OCC(F)(F)F)nn1-c1ncccc1Cl. The van der Waals surface area contributed by atoms with E-state index in [1.54, 1.807) is 45.0 Å². The third-order valence-electron chi connectivity index (χ3n) is 4.42. The molecule has 3 rings (SSSR count). The zero-order chi connectivity index (χ0) is 25.0. The molecule has 0 aliphatic rings. The van der Waals surface area contributed by atoms with E-state index in [0.29, 0.717) is 5.56 Å². The van der Waals surface area contributed by atoms with Crippen molar-refractivity contribution < 1.29 is 27.5 Å². The van der Waals surface area contributed by atoms with Crippen LogP contribution in [0.2, 0.25) is 5.02 Å². The topological polar surface area (TPSA) is 98.1 Å². The molecule has 2 amide bonds. The first-order chi connectivity index (χ1) is 16.0. The van der Waals surface area contributed by atoms with Crippen molar-refractivity contribution in [3.05, 3.63) is 64.4 Å². The van der Waals surface area contributed by atoms with Gasteiger partial charge in [0.05, 0.1) is 16.3 Å². The molecule has 2 N–H and O–H groups in total. The predicted octanol–water partition coefficient (Wildman–Crippen LogP) is 4.56. The average Bonchev–Trinajstić information content (AvgIpc) is 3.17. The zero-order valence-electron chi connectivity index (χ0n) is 18.4. The maximum Gasteiger partial charge on any atom is 0.422 e. The van der Waals surface area contributed by atoms with Crippen molar-refractivity contribution in [1.29, 1.82) is 0 Å². The van der Waals surface area contributed by atoms with Crippen molar-refractivity contribution in [2.24, 2.45) is 0 Å². The van der Waals surface area contributed by atoms with Crippen LogP contribution in [0.5, 0.6) is 5.88 Å². The van der Waals surface area contributed by atoms with Crippen LogP contribution in [-0.4, -0.2) is 45.4 Å². The number of pyridine rings is 1. The molecule has 0 saturated heterocycles. The second kappa shape index (κ2) is 10.1. The largest absolute Gasteiger partial charge is 0.467 e. The summed E-state index contributed by atoms with van der Waals surface area (Å²) in [4.78, 5) is 29.9. The Morgan fingerprint density at radius 3 is 2.56 bits per heavy atom. The first-order valence-corrected chi connectivity index (χ1v) is 10.5. The van der Waals surface area contributed by atoms with E-state index in [4.69, 9.17) is 16.3 Å². The lowest BCUT2D eigenvalue weighted by atomic mass is 10.1. The van der Waals surface area contributed by atoms with Crippen LogP contribution in [0.4, 0.5) is 18.9 Å². The highest BCUT2D eigenvalue weighted by atomic mass is 35.5. The number of aryl methyl sites for hydroxylation is 1. The molecule has 1 aromatic carbocycles. The van der Waals surface area contributed by atoms with Gasteiger partial charge >= 0.3 is 6.18 Å². The summed E-state index contributed by atoms with van der Waals surface area (Å²) in [6, 6.07) is 8.84. The number of nitrogens with one attached hydrogen (secondary N) is 2. The van der Waals surface area contributed by atoms with Gasteiger partial charge in [0, 0.05) is 18.3 Å². The second-order valence-corrected chi connectivity index (χ2v) is 7.98. The van der Waals surface area contributed by atoms with Crippen molar-refractivity contribution in [2.45, 2.75) is 33.0 Å². The number of anilines is 1. The average molecular weight is 496 g/mol. The summed E-state index contributed by atoms with van der Waals surface area (Å²) in [5.41, 5.74) is 0.859. The van der Waals surface area contributed by atoms with Gasteiger partial charge in [-0.3, -0.25) is 9.59 Å². The van der Waals surface area contributed by atoms with Crippen molar-refractivity contribution >= 4 is 29.1 Å². The molecule has 0 atom stereocenters. The van der Waals surface area contributed by atoms with E-state index in [-0.39, 0.29) is 33.8 Å². The minimum atomic E-state index is -4.60. The van der Waals surface area contributed by atoms with Crippen LogP contribution in [-0.2, 0) is 0 Å². The first-order valence-electron chi connectivity index (χ1n) is 10.1. The van der Waals surface area contributed by atoms with Crippen LogP contribution in [0.15, 0.2) is 42.6 Å². The highest BCUT2D eigenvalue weighted by Crippen LogP contribution is 2.26. The number of carbonyl (C=O) groups is 2. The molecule has 12 heteroatoms. The molecule has 3 aromatic rings. The maximum atomic E-state index is 13.2. The third kappa shape index (κ3) is 6.04. The summed E-state index contributed by atoms with van der Waals surface area (Å²) in [5.74, 6) is -1.60. The molecular weight excluding hydrogens is 475 g/mol. The Balaban J connectivity index is 2.01. The van der Waals surface area contributed by atoms with Crippen molar-refractivity contribution in [3.8, 4) is 11.7 Å². The summed E-state index contributed by atoms with van der Waals surface area (Å²) in [6.45, 7) is 3.69. The molecule has 0 saturated carbocycles. The second-order valence-electron chi connectivity index (χ2n) is 7.57. The minimum absolute atomic E-state index is 0.0127. The fraction of sp³-hybridized carbons (Fsp3) is 0.273. The molecule has 0 spiro atoms. The van der Waals surface area contributed by atoms with Gasteiger partial charge in [-0.05, 0) is 44.5 Å². The van der Waals surface area contributed by atoms with E-state index < -0.39 is 30.5 Å². The number of hydrogen-bond donors (Lipinski definition) is 2. The van der Waals surface area contributed by atoms with Crippen LogP contribution < -0.4 is 15.4 Å². The van der Waals surface area contributed by atoms with Gasteiger partial charge in [0.1, 0.15) is 5.69 Å². The quantitative estimate of drug-likeness (QED) is 0.500. The Morgan fingerprint density at radius 1 is 1.18 bits per heavy atom. The molecule has 0 aliphatic heterocycles. The Morgan fingerprint density at radius 2 is 1.91 bits per heavy atom. The van der Waals surface area contributed by atoms with Crippen LogP contribution in [0.1, 0.15) is 40.3 Å². The lowest BCUT2D eigenvalue weighted by molar-refractivity contribution is -0.154. The Kier molecular flexibility index (Phi) is 7.45. The molecule has 34 heavy (non-hydrogen) atoms. The summed E-state index contributed by atoms with van der Waals surface area (Å²) in [5, 5.41) is 9.45. The lowest BCUT2D eigenvalue weighted by Crippen LogP contribution is -2.31. The minimum Gasteiger partial charge on any atom is -0.467 e. The standard InChI is InChI=1S/C22H21ClF3N5O3/c1-12(2)28-20(32)14-7-4-6-13(3)18(14)29-21(33)16-10-17(34-11-22(24,25)26)30-31(16)19-15(23)8-5-9-27-19/h4-10,12H,11H2,1-3H3,(H,28,32)(H,29,33). The van der Waals surface area contributed by atoms with Crippen molar-refractivity contribution in [1.82, 2.24) is 20.1 Å². The number of nitrogens with zero attached hydrogens (tertiary/aromatic N) is 3. The summed E-state index contributed by atoms with van der Waals surface area (Å²) >= 11 is 6.17. The number of ether oxygens (including phenoxy) is 1. The zero-order valence-corrected chi connectivity index (χ0v) is 19.2. The van der Waals surface area contributed by atoms with E-state index >= 15 is 0 Å². The molecule has 2 aromatic heterocycles. The fourth-order valence-electron chi connectivity index (χ4n) is 2.98. The van der Waals surface area contributed by atoms with Crippen molar-refractivity contribution in [3.63, 3.8) is 0 Å². The number of hydrogen-bond acceptors (Lipinski definition) is 5. The van der Waals surface area contributed by atoms with E-state index in [1.807, 2.05) is 0 Å². The van der Waals surface area contributed by atoms with Crippen LogP contribution in [0, 0.1) is 6.92 Å². The molecule has 180 valence electrons. The number of aromatic nitrogens is 3. The Labute approximate surface area is 198 Å². The lowest BCUT2D eigenvalue weighted by Gasteiger charge is -2.15. The number of carbonyl (C=O) groups excluding carboxylic acids is 2. The third-order valence-corrected chi connectivity index (χ3v) is 4.71. The van der Waals surface area contributed by atoms with E-state index in [0.717, 1.165) is 10.7 Å². The van der Waals surface area contributed by atoms with Gasteiger partial charge in [-0.1, -0.05) is 23.7 Å². The van der Waals surface area contributed by atoms with Crippen molar-refractivity contribution in [2.75, 3.05) is 11.9 Å². The first kappa shape index (κ1) is 25.0. The number of benzene rings is 1. The summed E-state index contributed by atoms with van der Waals surface area (Å²) in [7, 11) is 0. The summed E-state index contributed by atoms with van der Waals surface area (Å²) in [6.07, 6.45) is -3.22. The molecule has 0 bridgehead atoms. The highest BCUT2D eigenvalue weighted by molar-refractivity contribution is 6.32. The molecule has 0 fully saturated rings. The molecular formula is C22H21ClF3N5O3. The number of amides is 2. The fourth-order valence-corrected chi connectivity index (χ4v) is 3.18. The van der Waals surface area contributed by atoms with Crippen LogP contribution in [0.3, 0.4) is 0 Å². The molecule has 0 radical (unpaired) electrons. The smallest absolute Gasteiger partial charge is 0.422 e.